The molecule has 2 atom stereocenters. The molecule has 1 N–H and O–H groups in total. The highest BCUT2D eigenvalue weighted by atomic mass is 28.4. The number of ether oxygens (including phenoxy) is 1. The van der Waals surface area contributed by atoms with Crippen molar-refractivity contribution >= 4 is 59.0 Å². The number of carbonyl (C=O) groups is 4. The summed E-state index contributed by atoms with van der Waals surface area (Å²) in [7, 11) is -3.18. The molecule has 4 heterocycles. The van der Waals surface area contributed by atoms with E-state index in [4.69, 9.17) is 14.3 Å². The third-order valence-corrected chi connectivity index (χ3v) is 16.7. The zero-order valence-electron chi connectivity index (χ0n) is 34.0. The van der Waals surface area contributed by atoms with Crippen LogP contribution in [0, 0.1) is 0 Å². The van der Waals surface area contributed by atoms with Crippen molar-refractivity contribution in [2.45, 2.75) is 96.1 Å². The Kier molecular flexibility index (Phi) is 10.1. The summed E-state index contributed by atoms with van der Waals surface area (Å²) in [5.74, 6) is -1.06. The maximum absolute atomic E-state index is 14.2. The van der Waals surface area contributed by atoms with Gasteiger partial charge in [0, 0.05) is 42.2 Å². The minimum atomic E-state index is -3.18. The molecule has 2 unspecified atom stereocenters. The fourth-order valence-electron chi connectivity index (χ4n) is 9.00. The lowest BCUT2D eigenvalue weighted by Gasteiger charge is -2.45. The number of likely N-dealkylation sites (tertiary alicyclic amines) is 1. The average molecular weight is 798 g/mol. The molecule has 4 amide bonds. The highest BCUT2D eigenvalue weighted by molar-refractivity contribution is 6.99. The largest absolute Gasteiger partial charge is 0.444 e. The summed E-state index contributed by atoms with van der Waals surface area (Å²) < 4.78 is 15.6. The van der Waals surface area contributed by atoms with Crippen LogP contribution in [0.4, 0.5) is 10.5 Å². The van der Waals surface area contributed by atoms with Gasteiger partial charge in [0.1, 0.15) is 17.7 Å². The van der Waals surface area contributed by atoms with Crippen molar-refractivity contribution in [2.75, 3.05) is 18.0 Å². The van der Waals surface area contributed by atoms with Crippen molar-refractivity contribution in [3.8, 4) is 0 Å². The van der Waals surface area contributed by atoms with Gasteiger partial charge in [-0.3, -0.25) is 29.3 Å². The fraction of sp³-hybridized carbons (Fsp3) is 0.370. The predicted molar refractivity (Wildman–Crippen MR) is 226 cm³/mol. The van der Waals surface area contributed by atoms with Crippen LogP contribution < -0.4 is 20.6 Å². The molecular formula is C46H51N5O6Si. The van der Waals surface area contributed by atoms with Crippen LogP contribution in [-0.2, 0) is 18.8 Å². The third kappa shape index (κ3) is 7.02. The quantitative estimate of drug-likeness (QED) is 0.132. The van der Waals surface area contributed by atoms with Crippen LogP contribution in [0.5, 0.6) is 0 Å². The first-order valence-corrected chi connectivity index (χ1v) is 22.1. The zero-order valence-corrected chi connectivity index (χ0v) is 35.0. The molecule has 0 saturated carbocycles. The number of imide groups is 1. The summed E-state index contributed by atoms with van der Waals surface area (Å²) in [5.41, 5.74) is 2.34. The summed E-state index contributed by atoms with van der Waals surface area (Å²) >= 11 is 0. The molecule has 11 nitrogen and oxygen atoms in total. The molecule has 0 radical (unpaired) electrons. The molecule has 1 aromatic heterocycles. The Morgan fingerprint density at radius 2 is 1.48 bits per heavy atom. The molecular weight excluding hydrogens is 747 g/mol. The Morgan fingerprint density at radius 1 is 0.828 bits per heavy atom. The van der Waals surface area contributed by atoms with Gasteiger partial charge < -0.3 is 14.1 Å². The lowest BCUT2D eigenvalue weighted by Crippen LogP contribution is -2.66. The smallest absolute Gasteiger partial charge is 0.410 e. The van der Waals surface area contributed by atoms with Crippen molar-refractivity contribution in [2.24, 2.45) is 0 Å². The standard InChI is InChI=1S/C46H51N5O6Si/c1-45(2,3)56-44(55)49-26-24-31(25-27-49)50-29-30(28-47-50)41(57-58(46(4,5)6,32-14-9-7-10-15-32)33-16-11-8-12-17-33)35-20-21-37-40-34(35)18-13-19-36(40)43(54)51(37)38-22-23-39(52)48-42(38)53/h7-21,28-29,31,38,41H,22-27H2,1-6H3,(H,48,52,53). The van der Waals surface area contributed by atoms with E-state index in [0.29, 0.717) is 24.3 Å². The van der Waals surface area contributed by atoms with Crippen LogP contribution in [-0.4, -0.2) is 71.5 Å². The maximum Gasteiger partial charge on any atom is 0.410 e. The molecule has 12 heteroatoms. The zero-order chi connectivity index (χ0) is 41.0. The van der Waals surface area contributed by atoms with Gasteiger partial charge in [0.2, 0.25) is 11.8 Å². The number of carbonyl (C=O) groups excluding carboxylic acids is 4. The van der Waals surface area contributed by atoms with Crippen LogP contribution in [0.2, 0.25) is 5.04 Å². The molecule has 2 saturated heterocycles. The van der Waals surface area contributed by atoms with E-state index in [9.17, 15) is 19.2 Å². The Morgan fingerprint density at radius 3 is 2.09 bits per heavy atom. The molecule has 3 aliphatic rings. The Balaban J connectivity index is 1.25. The Hall–Kier alpha value is -5.59. The predicted octanol–water partition coefficient (Wildman–Crippen LogP) is 7.04. The average Bonchev–Trinajstić information content (AvgIpc) is 3.79. The number of anilines is 1. The number of nitrogens with one attached hydrogen (secondary N) is 1. The number of rotatable bonds is 8. The minimum Gasteiger partial charge on any atom is -0.444 e. The Bertz CT molecular complexity index is 2340. The summed E-state index contributed by atoms with van der Waals surface area (Å²) in [5, 5.41) is 10.9. The molecule has 4 aromatic carbocycles. The number of benzene rings is 4. The van der Waals surface area contributed by atoms with Gasteiger partial charge in [0.05, 0.1) is 17.9 Å². The lowest BCUT2D eigenvalue weighted by atomic mass is 9.95. The molecule has 8 rings (SSSR count). The number of hydrogen-bond acceptors (Lipinski definition) is 7. The second-order valence-corrected chi connectivity index (χ2v) is 21.9. The number of piperidine rings is 2. The van der Waals surface area contributed by atoms with Crippen molar-refractivity contribution in [3.63, 3.8) is 0 Å². The van der Waals surface area contributed by atoms with E-state index in [-0.39, 0.29) is 41.8 Å². The molecule has 0 aliphatic carbocycles. The van der Waals surface area contributed by atoms with Crippen molar-refractivity contribution in [1.29, 1.82) is 0 Å². The van der Waals surface area contributed by atoms with E-state index in [2.05, 4.69) is 80.8 Å². The van der Waals surface area contributed by atoms with Gasteiger partial charge in [-0.25, -0.2) is 4.79 Å². The summed E-state index contributed by atoms with van der Waals surface area (Å²) in [6.45, 7) is 13.5. The molecule has 0 bridgehead atoms. The van der Waals surface area contributed by atoms with Crippen molar-refractivity contribution in [3.05, 3.63) is 120 Å². The number of amides is 4. The van der Waals surface area contributed by atoms with Crippen LogP contribution in [0.3, 0.4) is 0 Å². The Labute approximate surface area is 340 Å². The van der Waals surface area contributed by atoms with Gasteiger partial charge in [-0.1, -0.05) is 99.6 Å². The van der Waals surface area contributed by atoms with Gasteiger partial charge in [0.25, 0.3) is 14.2 Å². The maximum atomic E-state index is 14.2. The molecule has 5 aromatic rings. The first-order valence-electron chi connectivity index (χ1n) is 20.2. The normalized spacial score (nSPS) is 18.4. The van der Waals surface area contributed by atoms with Gasteiger partial charge in [-0.2, -0.15) is 5.10 Å². The van der Waals surface area contributed by atoms with Crippen molar-refractivity contribution < 1.29 is 28.3 Å². The molecule has 2 fully saturated rings. The van der Waals surface area contributed by atoms with Crippen LogP contribution >= 0.6 is 0 Å². The second kappa shape index (κ2) is 15.0. The van der Waals surface area contributed by atoms with Gasteiger partial charge >= 0.3 is 6.09 Å². The van der Waals surface area contributed by atoms with E-state index in [0.717, 1.165) is 45.1 Å². The van der Waals surface area contributed by atoms with Crippen LogP contribution in [0.25, 0.3) is 10.8 Å². The van der Waals surface area contributed by atoms with E-state index in [1.807, 2.05) is 74.1 Å². The van der Waals surface area contributed by atoms with Gasteiger partial charge in [-0.15, -0.1) is 0 Å². The summed E-state index contributed by atoms with van der Waals surface area (Å²) in [6, 6.07) is 30.0. The minimum absolute atomic E-state index is 0.0634. The van der Waals surface area contributed by atoms with E-state index in [1.54, 1.807) is 9.80 Å². The number of nitrogens with zero attached hydrogens (tertiary/aromatic N) is 4. The highest BCUT2D eigenvalue weighted by Crippen LogP contribution is 2.47. The fourth-order valence-corrected chi connectivity index (χ4v) is 13.6. The second-order valence-electron chi connectivity index (χ2n) is 17.7. The third-order valence-electron chi connectivity index (χ3n) is 11.7. The van der Waals surface area contributed by atoms with Crippen LogP contribution in [0.15, 0.2) is 103 Å². The van der Waals surface area contributed by atoms with Gasteiger partial charge in [-0.05, 0) is 78.5 Å². The number of aromatic nitrogens is 2. The first kappa shape index (κ1) is 39.2. The molecule has 0 spiro atoms. The first-order chi connectivity index (χ1) is 27.7. The summed E-state index contributed by atoms with van der Waals surface area (Å²) in [4.78, 5) is 55.6. The number of hydrogen-bond donors (Lipinski definition) is 1. The lowest BCUT2D eigenvalue weighted by molar-refractivity contribution is -0.134. The highest BCUT2D eigenvalue weighted by Gasteiger charge is 2.52. The SMILES string of the molecule is CC(C)(C)OC(=O)N1CCC(n2cc(C(O[Si](c3ccccc3)(c3ccccc3)C(C)(C)C)c3ccc4c5c(cccc35)C(=O)N4C3CCC(=O)NC3=O)cn2)CC1. The monoisotopic (exact) mass is 797 g/mol. The molecule has 58 heavy (non-hydrogen) atoms. The van der Waals surface area contributed by atoms with Crippen molar-refractivity contribution in [1.82, 2.24) is 20.0 Å². The molecule has 300 valence electrons. The van der Waals surface area contributed by atoms with E-state index in [1.165, 1.54) is 0 Å². The summed E-state index contributed by atoms with van der Waals surface area (Å²) in [6.07, 6.45) is 4.92. The van der Waals surface area contributed by atoms with Gasteiger partial charge in [0.15, 0.2) is 0 Å². The van der Waals surface area contributed by atoms with Crippen LogP contribution in [0.1, 0.15) is 101 Å². The topological polar surface area (TPSA) is 123 Å². The van der Waals surface area contributed by atoms with E-state index < -0.39 is 32.0 Å². The molecule has 3 aliphatic heterocycles. The van der Waals surface area contributed by atoms with E-state index >= 15 is 0 Å².